The smallest absolute Gasteiger partial charge is 0.291 e. The van der Waals surface area contributed by atoms with Crippen LogP contribution >= 0.6 is 24.4 Å². The Hall–Kier alpha value is -1.79. The lowest BCUT2D eigenvalue weighted by atomic mass is 10.1. The Kier molecular flexibility index (Phi) is 3.30. The van der Waals surface area contributed by atoms with Crippen LogP contribution in [0.1, 0.15) is 16.7 Å². The van der Waals surface area contributed by atoms with E-state index in [2.05, 4.69) is 0 Å². The van der Waals surface area contributed by atoms with Gasteiger partial charge in [0, 0.05) is 16.8 Å². The van der Waals surface area contributed by atoms with Gasteiger partial charge in [0.25, 0.3) is 0 Å². The third kappa shape index (κ3) is 2.34. The number of nitrogens with zero attached hydrogens (tertiary/aromatic N) is 1. The second kappa shape index (κ2) is 4.89. The van der Waals surface area contributed by atoms with Gasteiger partial charge in [-0.3, -0.25) is 4.90 Å². The summed E-state index contributed by atoms with van der Waals surface area (Å²) < 4.78 is 37.8. The number of hydrogen-bond acceptors (Lipinski definition) is 2. The molecule has 0 radical (unpaired) electrons. The molecule has 0 fully saturated rings. The van der Waals surface area contributed by atoms with Crippen molar-refractivity contribution in [1.82, 2.24) is 0 Å². The third-order valence-corrected chi connectivity index (χ3v) is 4.05. The maximum atomic E-state index is 12.6. The van der Waals surface area contributed by atoms with Gasteiger partial charge in [-0.05, 0) is 24.3 Å². The Balaban J connectivity index is 2.00. The Labute approximate surface area is 130 Å². The van der Waals surface area contributed by atoms with Gasteiger partial charge in [-0.1, -0.05) is 48.7 Å². The highest BCUT2D eigenvalue weighted by Gasteiger charge is 2.32. The zero-order valence-electron chi connectivity index (χ0n) is 10.5. The van der Waals surface area contributed by atoms with Crippen LogP contribution in [-0.2, 0) is 6.18 Å². The van der Waals surface area contributed by atoms with E-state index in [1.54, 1.807) is 4.90 Å². The summed E-state index contributed by atoms with van der Waals surface area (Å²) in [5.41, 5.74) is 1.50. The van der Waals surface area contributed by atoms with Crippen molar-refractivity contribution >= 4 is 40.1 Å². The lowest BCUT2D eigenvalue weighted by Gasteiger charge is -2.19. The molecule has 0 aliphatic carbocycles. The minimum atomic E-state index is -4.35. The van der Waals surface area contributed by atoms with E-state index in [-0.39, 0.29) is 0 Å². The summed E-state index contributed by atoms with van der Waals surface area (Å²) in [4.78, 5) is 2.64. The van der Waals surface area contributed by atoms with Gasteiger partial charge < -0.3 is 0 Å². The summed E-state index contributed by atoms with van der Waals surface area (Å²) >= 11 is 10.8. The Morgan fingerprint density at radius 2 is 1.24 bits per heavy atom. The van der Waals surface area contributed by atoms with Crippen LogP contribution in [0, 0.1) is 0 Å². The fraction of sp³-hybridized carbons (Fsp3) is 0.0667. The normalized spacial score (nSPS) is 14.5. The first kappa shape index (κ1) is 14.2. The summed E-state index contributed by atoms with van der Waals surface area (Å²) in [6, 6.07) is 12.2. The summed E-state index contributed by atoms with van der Waals surface area (Å²) in [7, 11) is 0. The van der Waals surface area contributed by atoms with E-state index in [1.165, 1.54) is 12.1 Å². The van der Waals surface area contributed by atoms with E-state index in [1.807, 2.05) is 24.3 Å². The third-order valence-electron chi connectivity index (χ3n) is 3.25. The second-order valence-corrected chi connectivity index (χ2v) is 5.31. The average molecular weight is 323 g/mol. The van der Waals surface area contributed by atoms with Gasteiger partial charge in [-0.25, -0.2) is 0 Å². The number of hydrogen-bond donors (Lipinski definition) is 0. The molecule has 0 N–H and O–H groups in total. The van der Waals surface area contributed by atoms with Crippen molar-refractivity contribution in [3.05, 3.63) is 65.2 Å². The largest absolute Gasteiger partial charge is 0.416 e. The molecule has 1 heterocycles. The van der Waals surface area contributed by atoms with E-state index in [4.69, 9.17) is 24.4 Å². The van der Waals surface area contributed by atoms with Crippen molar-refractivity contribution in [1.29, 1.82) is 0 Å². The summed E-state index contributed by atoms with van der Waals surface area (Å²) in [6.07, 6.45) is -4.35. The van der Waals surface area contributed by atoms with E-state index in [9.17, 15) is 13.2 Å². The van der Waals surface area contributed by atoms with Gasteiger partial charge in [0.05, 0.1) is 5.56 Å². The van der Waals surface area contributed by atoms with Crippen LogP contribution in [0.15, 0.2) is 48.5 Å². The number of halogens is 3. The zero-order chi connectivity index (χ0) is 15.2. The highest BCUT2D eigenvalue weighted by Crippen LogP contribution is 2.33. The van der Waals surface area contributed by atoms with Gasteiger partial charge in [0.1, 0.15) is 9.98 Å². The van der Waals surface area contributed by atoms with Gasteiger partial charge >= 0.3 is 6.18 Å². The van der Waals surface area contributed by atoms with Crippen LogP contribution in [0.2, 0.25) is 0 Å². The molecule has 106 valence electrons. The molecule has 0 bridgehead atoms. The van der Waals surface area contributed by atoms with Crippen LogP contribution < -0.4 is 4.90 Å². The van der Waals surface area contributed by atoms with E-state index in [0.29, 0.717) is 15.7 Å². The first-order valence-electron chi connectivity index (χ1n) is 6.04. The van der Waals surface area contributed by atoms with E-state index >= 15 is 0 Å². The topological polar surface area (TPSA) is 3.24 Å². The van der Waals surface area contributed by atoms with Crippen molar-refractivity contribution < 1.29 is 13.2 Å². The molecule has 0 amide bonds. The van der Waals surface area contributed by atoms with Crippen molar-refractivity contribution in [2.45, 2.75) is 6.18 Å². The van der Waals surface area contributed by atoms with Gasteiger partial charge in [0.2, 0.25) is 0 Å². The van der Waals surface area contributed by atoms with Gasteiger partial charge in [-0.2, -0.15) is 13.2 Å². The second-order valence-electron chi connectivity index (χ2n) is 4.54. The molecule has 0 unspecified atom stereocenters. The lowest BCUT2D eigenvalue weighted by Crippen LogP contribution is -2.27. The molecular formula is C15H8F3NS2. The minimum absolute atomic E-state index is 0.510. The molecule has 1 nitrogen and oxygen atoms in total. The zero-order valence-corrected chi connectivity index (χ0v) is 12.1. The Bertz CT molecular complexity index is 700. The Morgan fingerprint density at radius 1 is 0.762 bits per heavy atom. The van der Waals surface area contributed by atoms with Crippen molar-refractivity contribution in [2.75, 3.05) is 4.90 Å². The van der Waals surface area contributed by atoms with Crippen molar-refractivity contribution in [2.24, 2.45) is 0 Å². The van der Waals surface area contributed by atoms with E-state index in [0.717, 1.165) is 23.3 Å². The first-order chi connectivity index (χ1) is 9.89. The molecule has 3 rings (SSSR count). The maximum absolute atomic E-state index is 12.6. The number of rotatable bonds is 1. The monoisotopic (exact) mass is 323 g/mol. The maximum Gasteiger partial charge on any atom is 0.416 e. The molecule has 0 aromatic heterocycles. The molecule has 0 spiro atoms. The highest BCUT2D eigenvalue weighted by molar-refractivity contribution is 7.83. The fourth-order valence-electron chi connectivity index (χ4n) is 2.22. The number of thiocarbonyl (C=S) groups is 2. The molecule has 2 aromatic rings. The molecule has 1 aliphatic rings. The Morgan fingerprint density at radius 3 is 1.67 bits per heavy atom. The molecule has 0 saturated heterocycles. The van der Waals surface area contributed by atoms with Crippen molar-refractivity contribution in [3.8, 4) is 0 Å². The first-order valence-corrected chi connectivity index (χ1v) is 6.86. The number of fused-ring (bicyclic) bond motifs is 1. The average Bonchev–Trinajstić information content (AvgIpc) is 2.71. The molecule has 2 aromatic carbocycles. The van der Waals surface area contributed by atoms with Crippen LogP contribution in [0.3, 0.4) is 0 Å². The van der Waals surface area contributed by atoms with Gasteiger partial charge in [-0.15, -0.1) is 0 Å². The molecule has 0 atom stereocenters. The lowest BCUT2D eigenvalue weighted by molar-refractivity contribution is -0.137. The quantitative estimate of drug-likeness (QED) is 0.708. The minimum Gasteiger partial charge on any atom is -0.291 e. The SMILES string of the molecule is FC(F)(F)c1ccc(N2C(=S)c3ccccc3C2=S)cc1. The number of alkyl halides is 3. The predicted molar refractivity (Wildman–Crippen MR) is 83.8 cm³/mol. The van der Waals surface area contributed by atoms with E-state index < -0.39 is 11.7 Å². The fourth-order valence-corrected chi connectivity index (χ4v) is 3.03. The van der Waals surface area contributed by atoms with Crippen molar-refractivity contribution in [3.63, 3.8) is 0 Å². The summed E-state index contributed by atoms with van der Waals surface area (Å²) in [5.74, 6) is 0. The molecule has 21 heavy (non-hydrogen) atoms. The van der Waals surface area contributed by atoms with Crippen LogP contribution in [-0.4, -0.2) is 9.98 Å². The van der Waals surface area contributed by atoms with Gasteiger partial charge in [0.15, 0.2) is 0 Å². The highest BCUT2D eigenvalue weighted by atomic mass is 32.1. The molecule has 1 aliphatic heterocycles. The number of benzene rings is 2. The molecule has 0 saturated carbocycles. The summed E-state index contributed by atoms with van der Waals surface area (Å²) in [5, 5.41) is 0. The predicted octanol–water partition coefficient (Wildman–Crippen LogP) is 4.58. The molecular weight excluding hydrogens is 315 g/mol. The number of anilines is 1. The van der Waals surface area contributed by atoms with Crippen LogP contribution in [0.25, 0.3) is 0 Å². The standard InChI is InChI=1S/C15H8F3NS2/c16-15(17,18)9-5-7-10(8-6-9)19-13(20)11-3-1-2-4-12(11)14(19)21/h1-8H. The van der Waals surface area contributed by atoms with Crippen LogP contribution in [0.4, 0.5) is 18.9 Å². The van der Waals surface area contributed by atoms with Crippen LogP contribution in [0.5, 0.6) is 0 Å². The molecule has 6 heteroatoms. The summed E-state index contributed by atoms with van der Waals surface area (Å²) in [6.45, 7) is 0.